The van der Waals surface area contributed by atoms with Crippen LogP contribution in [-0.4, -0.2) is 52.8 Å². The van der Waals surface area contributed by atoms with E-state index >= 15 is 0 Å². The Morgan fingerprint density at radius 2 is 1.16 bits per heavy atom. The molecule has 7 nitrogen and oxygen atoms in total. The van der Waals surface area contributed by atoms with Gasteiger partial charge >= 0.3 is 6.03 Å². The van der Waals surface area contributed by atoms with Gasteiger partial charge in [0.15, 0.2) is 0 Å². The molecule has 2 N–H and O–H groups in total. The van der Waals surface area contributed by atoms with Crippen molar-refractivity contribution in [2.75, 3.05) is 14.1 Å². The summed E-state index contributed by atoms with van der Waals surface area (Å²) >= 11 is 6.88. The Kier molecular flexibility index (Phi) is 7.20. The maximum atomic E-state index is 12.4. The van der Waals surface area contributed by atoms with Crippen LogP contribution in [0.4, 0.5) is 4.79 Å². The third-order valence-corrected chi connectivity index (χ3v) is 9.64. The largest absolute Gasteiger partial charge is 0.358 e. The summed E-state index contributed by atoms with van der Waals surface area (Å²) in [5.41, 5.74) is 1.47. The molecule has 2 spiro atoms. The maximum absolute atomic E-state index is 12.4. The van der Waals surface area contributed by atoms with Crippen molar-refractivity contribution in [3.8, 4) is 0 Å². The lowest BCUT2D eigenvalue weighted by Gasteiger charge is -2.21. The molecule has 4 amide bonds. The first-order chi connectivity index (χ1) is 18.0. The number of carbonyl (C=O) groups is 3. The number of benzene rings is 2. The quantitative estimate of drug-likeness (QED) is 0.416. The van der Waals surface area contributed by atoms with Crippen LogP contribution in [0.2, 0.25) is 0 Å². The van der Waals surface area contributed by atoms with Crippen molar-refractivity contribution >= 4 is 49.7 Å². The monoisotopic (exact) mass is 642 g/mol. The average molecular weight is 644 g/mol. The molecule has 9 heteroatoms. The van der Waals surface area contributed by atoms with Crippen LogP contribution in [0.15, 0.2) is 69.9 Å². The summed E-state index contributed by atoms with van der Waals surface area (Å²) in [5, 5.41) is 6.18. The fraction of sp³-hybridized carbons (Fsp3) is 0.414. The number of imide groups is 1. The molecule has 6 rings (SSSR count). The van der Waals surface area contributed by atoms with E-state index in [1.165, 1.54) is 16.0 Å². The third kappa shape index (κ3) is 4.79. The van der Waals surface area contributed by atoms with Gasteiger partial charge < -0.3 is 15.5 Å². The number of urea groups is 1. The number of likely N-dealkylation sites (N-methyl/N-ethyl adjacent to an activating group) is 2. The third-order valence-electron chi connectivity index (χ3n) is 8.58. The van der Waals surface area contributed by atoms with Gasteiger partial charge in [0.2, 0.25) is 0 Å². The van der Waals surface area contributed by atoms with E-state index < -0.39 is 11.1 Å². The molecule has 0 radical (unpaired) electrons. The van der Waals surface area contributed by atoms with Gasteiger partial charge in [0.05, 0.1) is 0 Å². The Morgan fingerprint density at radius 3 is 1.53 bits per heavy atom. The Labute approximate surface area is 240 Å². The Hall–Kier alpha value is -2.65. The zero-order valence-electron chi connectivity index (χ0n) is 21.6. The van der Waals surface area contributed by atoms with Crippen LogP contribution in [0.25, 0.3) is 0 Å². The molecule has 2 saturated carbocycles. The molecule has 2 aromatic rings. The molecule has 2 saturated heterocycles. The normalized spacial score (nSPS) is 30.2. The molecular weight excluding hydrogens is 612 g/mol. The van der Waals surface area contributed by atoms with Crippen molar-refractivity contribution in [1.29, 1.82) is 0 Å². The van der Waals surface area contributed by atoms with Gasteiger partial charge in [-0.25, -0.2) is 4.79 Å². The fourth-order valence-electron chi connectivity index (χ4n) is 6.36. The lowest BCUT2D eigenvalue weighted by atomic mass is 9.92. The number of hydrogen-bond donors (Lipinski definition) is 2. The second-order valence-electron chi connectivity index (χ2n) is 10.9. The molecular formula is C29H32Br2N4O3. The van der Waals surface area contributed by atoms with Crippen molar-refractivity contribution in [3.05, 3.63) is 81.0 Å². The summed E-state index contributed by atoms with van der Waals surface area (Å²) in [6.45, 7) is 3.90. The Bertz CT molecular complexity index is 1180. The van der Waals surface area contributed by atoms with E-state index in [4.69, 9.17) is 0 Å². The summed E-state index contributed by atoms with van der Waals surface area (Å²) < 4.78 is 2.14. The predicted octanol–water partition coefficient (Wildman–Crippen LogP) is 5.63. The van der Waals surface area contributed by atoms with Gasteiger partial charge in [0, 0.05) is 23.0 Å². The number of amides is 4. The maximum Gasteiger partial charge on any atom is 0.324 e. The first-order valence-corrected chi connectivity index (χ1v) is 14.5. The van der Waals surface area contributed by atoms with Gasteiger partial charge in [-0.05, 0) is 85.8 Å². The summed E-state index contributed by atoms with van der Waals surface area (Å²) in [5.74, 6) is 1.59. The minimum absolute atomic E-state index is 0.0860. The molecule has 0 aromatic heterocycles. The summed E-state index contributed by atoms with van der Waals surface area (Å²) in [7, 11) is 3.33. The lowest BCUT2D eigenvalue weighted by Crippen LogP contribution is -2.44. The van der Waals surface area contributed by atoms with Crippen LogP contribution in [0, 0.1) is 0 Å². The van der Waals surface area contributed by atoms with E-state index in [9.17, 15) is 14.4 Å². The van der Waals surface area contributed by atoms with Crippen LogP contribution >= 0.6 is 31.9 Å². The fourth-order valence-corrected chi connectivity index (χ4v) is 6.89. The van der Waals surface area contributed by atoms with Gasteiger partial charge in [0.1, 0.15) is 16.9 Å². The number of nitrogens with zero attached hydrogens (tertiary/aromatic N) is 2. The van der Waals surface area contributed by atoms with Crippen molar-refractivity contribution in [2.45, 2.75) is 61.4 Å². The van der Waals surface area contributed by atoms with Gasteiger partial charge in [-0.3, -0.25) is 14.5 Å². The van der Waals surface area contributed by atoms with Crippen LogP contribution in [0.3, 0.4) is 0 Å². The number of rotatable bonds is 2. The minimum Gasteiger partial charge on any atom is -0.358 e. The standard InChI is InChI=1S/C15H17BrN2O.C14H15BrN2O2/c1-10-17-15(14(19)18(10)2)8-7-12(9-15)11-3-5-13(16)6-4-11;1-17-12(18)14(16-13(17)19)7-6-10(8-14)9-2-4-11(15)5-3-9/h3-6,12,17H,1,7-9H2,2H3;2-5,10H,6-8H2,1H3,(H,16,19)/t12-,15-;10-,14+/m00/s1. The van der Waals surface area contributed by atoms with Gasteiger partial charge in [0.25, 0.3) is 11.8 Å². The van der Waals surface area contributed by atoms with E-state index in [-0.39, 0.29) is 17.8 Å². The summed E-state index contributed by atoms with van der Waals surface area (Å²) in [6.07, 6.45) is 5.14. The number of hydrogen-bond acceptors (Lipinski definition) is 4. The van der Waals surface area contributed by atoms with Gasteiger partial charge in [-0.2, -0.15) is 0 Å². The number of nitrogens with one attached hydrogen (secondary N) is 2. The molecule has 4 aliphatic rings. The van der Waals surface area contributed by atoms with Crippen LogP contribution < -0.4 is 10.6 Å². The topological polar surface area (TPSA) is 81.8 Å². The number of carbonyl (C=O) groups excluding carboxylic acids is 3. The van der Waals surface area contributed by atoms with E-state index in [1.54, 1.807) is 19.0 Å². The zero-order valence-corrected chi connectivity index (χ0v) is 24.8. The van der Waals surface area contributed by atoms with E-state index in [1.807, 2.05) is 12.1 Å². The highest BCUT2D eigenvalue weighted by Gasteiger charge is 2.54. The molecule has 0 bridgehead atoms. The van der Waals surface area contributed by atoms with Crippen LogP contribution in [0.1, 0.15) is 61.5 Å². The SMILES string of the molecule is C=C1N[C@]2(CC[C@H](c3ccc(Br)cc3)C2)C(=O)N1C.CN1C(=O)N[C@@]2(CC[C@H](c3ccc(Br)cc3)C2)C1=O. The molecule has 4 fully saturated rings. The summed E-state index contributed by atoms with van der Waals surface area (Å²) in [6, 6.07) is 16.3. The molecule has 200 valence electrons. The molecule has 2 aliphatic heterocycles. The van der Waals surface area contributed by atoms with Crippen molar-refractivity contribution in [2.24, 2.45) is 0 Å². The van der Waals surface area contributed by atoms with Gasteiger partial charge in [-0.15, -0.1) is 0 Å². The van der Waals surface area contributed by atoms with Crippen molar-refractivity contribution < 1.29 is 14.4 Å². The van der Waals surface area contributed by atoms with Crippen LogP contribution in [-0.2, 0) is 9.59 Å². The molecule has 38 heavy (non-hydrogen) atoms. The summed E-state index contributed by atoms with van der Waals surface area (Å²) in [4.78, 5) is 39.0. The van der Waals surface area contributed by atoms with Crippen LogP contribution in [0.5, 0.6) is 0 Å². The highest BCUT2D eigenvalue weighted by molar-refractivity contribution is 9.10. The first kappa shape index (κ1) is 26.9. The highest BCUT2D eigenvalue weighted by Crippen LogP contribution is 2.45. The molecule has 2 heterocycles. The van der Waals surface area contributed by atoms with E-state index in [0.29, 0.717) is 18.3 Å². The van der Waals surface area contributed by atoms with Gasteiger partial charge in [-0.1, -0.05) is 62.7 Å². The Morgan fingerprint density at radius 1 is 0.737 bits per heavy atom. The second-order valence-corrected chi connectivity index (χ2v) is 12.7. The minimum atomic E-state index is -0.663. The highest BCUT2D eigenvalue weighted by atomic mass is 79.9. The smallest absolute Gasteiger partial charge is 0.324 e. The van der Waals surface area contributed by atoms with Crippen molar-refractivity contribution in [3.63, 3.8) is 0 Å². The lowest BCUT2D eigenvalue weighted by molar-refractivity contribution is -0.131. The molecule has 0 unspecified atom stereocenters. The van der Waals surface area contributed by atoms with E-state index in [0.717, 1.165) is 46.9 Å². The molecule has 2 aliphatic carbocycles. The zero-order chi connectivity index (χ0) is 27.2. The molecule has 2 aromatic carbocycles. The predicted molar refractivity (Wildman–Crippen MR) is 153 cm³/mol. The molecule has 4 atom stereocenters. The van der Waals surface area contributed by atoms with Crippen molar-refractivity contribution in [1.82, 2.24) is 20.4 Å². The second kappa shape index (κ2) is 10.2. The number of halogens is 2. The first-order valence-electron chi connectivity index (χ1n) is 12.9. The Balaban J connectivity index is 0.000000155. The van der Waals surface area contributed by atoms with E-state index in [2.05, 4.69) is 85.5 Å². The average Bonchev–Trinajstić information content (AvgIpc) is 3.63.